The summed E-state index contributed by atoms with van der Waals surface area (Å²) in [6, 6.07) is 16.1. The van der Waals surface area contributed by atoms with Crippen LogP contribution in [-0.2, 0) is 0 Å². The average molecular weight is 379 g/mol. The lowest BCUT2D eigenvalue weighted by Crippen LogP contribution is -2.35. The summed E-state index contributed by atoms with van der Waals surface area (Å²) in [6.07, 6.45) is 2.03. The zero-order valence-corrected chi connectivity index (χ0v) is 15.9. The van der Waals surface area contributed by atoms with E-state index in [2.05, 4.69) is 6.58 Å². The number of amides is 1. The van der Waals surface area contributed by atoms with Gasteiger partial charge in [-0.25, -0.2) is 4.39 Å². The number of rotatable bonds is 7. The van der Waals surface area contributed by atoms with Crippen molar-refractivity contribution in [1.82, 2.24) is 0 Å². The third-order valence-electron chi connectivity index (χ3n) is 4.40. The highest BCUT2D eigenvalue weighted by molar-refractivity contribution is 6.06. The molecule has 28 heavy (non-hydrogen) atoms. The smallest absolute Gasteiger partial charge is 0.261 e. The van der Waals surface area contributed by atoms with Crippen molar-refractivity contribution < 1.29 is 18.3 Å². The van der Waals surface area contributed by atoms with E-state index in [4.69, 9.17) is 9.15 Å². The number of furan rings is 1. The molecule has 0 fully saturated rings. The number of carbonyl (C=O) groups excluding carboxylic acids is 1. The summed E-state index contributed by atoms with van der Waals surface area (Å²) in [5, 5.41) is 0. The molecule has 0 aliphatic heterocycles. The van der Waals surface area contributed by atoms with Crippen LogP contribution in [0.2, 0.25) is 0 Å². The lowest BCUT2D eigenvalue weighted by atomic mass is 10.0. The molecule has 3 aromatic rings. The van der Waals surface area contributed by atoms with Crippen molar-refractivity contribution in [2.45, 2.75) is 19.4 Å². The number of nitrogens with zero attached hydrogens (tertiary/aromatic N) is 1. The predicted molar refractivity (Wildman–Crippen MR) is 107 cm³/mol. The number of halogens is 1. The first-order valence-electron chi connectivity index (χ1n) is 8.91. The van der Waals surface area contributed by atoms with Gasteiger partial charge in [-0.15, -0.1) is 6.58 Å². The monoisotopic (exact) mass is 379 g/mol. The first-order chi connectivity index (χ1) is 13.5. The molecular weight excluding hydrogens is 357 g/mol. The lowest BCUT2D eigenvalue weighted by Gasteiger charge is -2.31. The molecule has 5 heteroatoms. The number of anilines is 1. The van der Waals surface area contributed by atoms with Gasteiger partial charge in [0.1, 0.15) is 17.3 Å². The second-order valence-electron chi connectivity index (χ2n) is 6.55. The minimum atomic E-state index is -0.570. The molecule has 1 aromatic heterocycles. The Morgan fingerprint density at radius 1 is 1.14 bits per heavy atom. The Bertz CT molecular complexity index is 948. The third kappa shape index (κ3) is 4.14. The first-order valence-corrected chi connectivity index (χ1v) is 8.91. The van der Waals surface area contributed by atoms with Gasteiger partial charge in [-0.05, 0) is 61.9 Å². The maximum absolute atomic E-state index is 14.4. The van der Waals surface area contributed by atoms with Crippen molar-refractivity contribution in [3.63, 3.8) is 0 Å². The molecule has 0 saturated heterocycles. The van der Waals surface area contributed by atoms with Crippen molar-refractivity contribution in [3.05, 3.63) is 96.2 Å². The van der Waals surface area contributed by atoms with Crippen LogP contribution in [0.4, 0.5) is 10.1 Å². The van der Waals surface area contributed by atoms with Crippen LogP contribution in [0.3, 0.4) is 0 Å². The fourth-order valence-electron chi connectivity index (χ4n) is 3.08. The summed E-state index contributed by atoms with van der Waals surface area (Å²) in [4.78, 5) is 15.0. The SMILES string of the molecule is C=C(C)CC(c1ccco1)N(C(=O)c1ccccc1F)c1ccc(OC)cc1. The Morgan fingerprint density at radius 3 is 2.43 bits per heavy atom. The Morgan fingerprint density at radius 2 is 1.86 bits per heavy atom. The van der Waals surface area contributed by atoms with Gasteiger partial charge in [-0.3, -0.25) is 9.69 Å². The van der Waals surface area contributed by atoms with Gasteiger partial charge in [0, 0.05) is 5.69 Å². The molecule has 0 saturated carbocycles. The van der Waals surface area contributed by atoms with Gasteiger partial charge in [-0.2, -0.15) is 0 Å². The molecule has 3 rings (SSSR count). The Labute approximate surface area is 163 Å². The van der Waals surface area contributed by atoms with E-state index in [1.165, 1.54) is 12.1 Å². The van der Waals surface area contributed by atoms with Crippen LogP contribution in [0.5, 0.6) is 5.75 Å². The van der Waals surface area contributed by atoms with Crippen LogP contribution in [0.1, 0.15) is 35.5 Å². The fourth-order valence-corrected chi connectivity index (χ4v) is 3.08. The number of ether oxygens (including phenoxy) is 1. The van der Waals surface area contributed by atoms with Crippen molar-refractivity contribution in [3.8, 4) is 5.75 Å². The van der Waals surface area contributed by atoms with Crippen molar-refractivity contribution in [2.24, 2.45) is 0 Å². The van der Waals surface area contributed by atoms with Crippen molar-refractivity contribution in [2.75, 3.05) is 12.0 Å². The topological polar surface area (TPSA) is 42.7 Å². The molecule has 1 heterocycles. The highest BCUT2D eigenvalue weighted by Gasteiger charge is 2.31. The second kappa shape index (κ2) is 8.57. The fraction of sp³-hybridized carbons (Fsp3) is 0.174. The molecule has 0 radical (unpaired) electrons. The molecular formula is C23H22FNO3. The van der Waals surface area contributed by atoms with Gasteiger partial charge >= 0.3 is 0 Å². The molecule has 4 nitrogen and oxygen atoms in total. The van der Waals surface area contributed by atoms with Gasteiger partial charge in [0.05, 0.1) is 25.0 Å². The Kier molecular flexibility index (Phi) is 5.94. The van der Waals surface area contributed by atoms with Gasteiger partial charge < -0.3 is 9.15 Å². The van der Waals surface area contributed by atoms with Gasteiger partial charge in [0.25, 0.3) is 5.91 Å². The van der Waals surface area contributed by atoms with Crippen LogP contribution in [0, 0.1) is 5.82 Å². The molecule has 1 atom stereocenters. The predicted octanol–water partition coefficient (Wildman–Crippen LogP) is 5.78. The Balaban J connectivity index is 2.12. The zero-order valence-electron chi connectivity index (χ0n) is 15.9. The zero-order chi connectivity index (χ0) is 20.1. The van der Waals surface area contributed by atoms with E-state index >= 15 is 0 Å². The average Bonchev–Trinajstić information content (AvgIpc) is 3.22. The number of hydrogen-bond acceptors (Lipinski definition) is 3. The number of methoxy groups -OCH3 is 1. The van der Waals surface area contributed by atoms with Gasteiger partial charge in [-0.1, -0.05) is 17.7 Å². The second-order valence-corrected chi connectivity index (χ2v) is 6.55. The van der Waals surface area contributed by atoms with E-state index in [0.717, 1.165) is 5.57 Å². The molecule has 0 N–H and O–H groups in total. The molecule has 0 aliphatic rings. The largest absolute Gasteiger partial charge is 0.497 e. The van der Waals surface area contributed by atoms with E-state index < -0.39 is 17.8 Å². The van der Waals surface area contributed by atoms with Crippen molar-refractivity contribution in [1.29, 1.82) is 0 Å². The quantitative estimate of drug-likeness (QED) is 0.489. The molecule has 0 bridgehead atoms. The van der Waals surface area contributed by atoms with Crippen molar-refractivity contribution >= 4 is 11.6 Å². The highest BCUT2D eigenvalue weighted by atomic mass is 19.1. The van der Waals surface area contributed by atoms with E-state index in [1.807, 2.05) is 6.92 Å². The van der Waals surface area contributed by atoms with E-state index in [9.17, 15) is 9.18 Å². The summed E-state index contributed by atoms with van der Waals surface area (Å²) in [6.45, 7) is 5.87. The van der Waals surface area contributed by atoms with Gasteiger partial charge in [0.15, 0.2) is 0 Å². The summed E-state index contributed by atoms with van der Waals surface area (Å²) in [5.41, 5.74) is 1.48. The van der Waals surface area contributed by atoms with E-state index in [1.54, 1.807) is 66.8 Å². The minimum absolute atomic E-state index is 0.00316. The maximum Gasteiger partial charge on any atom is 0.261 e. The van der Waals surface area contributed by atoms with E-state index in [0.29, 0.717) is 23.6 Å². The number of hydrogen-bond donors (Lipinski definition) is 0. The summed E-state index contributed by atoms with van der Waals surface area (Å²) in [7, 11) is 1.57. The normalized spacial score (nSPS) is 11.7. The van der Waals surface area contributed by atoms with E-state index in [-0.39, 0.29) is 5.56 Å². The van der Waals surface area contributed by atoms with Crippen LogP contribution >= 0.6 is 0 Å². The Hall–Kier alpha value is -3.34. The lowest BCUT2D eigenvalue weighted by molar-refractivity contribution is 0.0969. The highest BCUT2D eigenvalue weighted by Crippen LogP contribution is 2.34. The summed E-state index contributed by atoms with van der Waals surface area (Å²) in [5.74, 6) is 0.241. The summed E-state index contributed by atoms with van der Waals surface area (Å²) >= 11 is 0. The summed E-state index contributed by atoms with van der Waals surface area (Å²) < 4.78 is 25.2. The van der Waals surface area contributed by atoms with Crippen LogP contribution < -0.4 is 9.64 Å². The molecule has 0 spiro atoms. The number of benzene rings is 2. The number of carbonyl (C=O) groups is 1. The standard InChI is InChI=1S/C23H22FNO3/c1-16(2)15-21(22-9-6-14-28-22)25(17-10-12-18(27-3)13-11-17)23(26)19-7-4-5-8-20(19)24/h4-14,21H,1,15H2,2-3H3. The van der Waals surface area contributed by atoms with Crippen LogP contribution in [-0.4, -0.2) is 13.0 Å². The molecule has 1 amide bonds. The van der Waals surface area contributed by atoms with Crippen LogP contribution in [0.15, 0.2) is 83.5 Å². The molecule has 2 aromatic carbocycles. The maximum atomic E-state index is 14.4. The molecule has 0 aliphatic carbocycles. The minimum Gasteiger partial charge on any atom is -0.497 e. The third-order valence-corrected chi connectivity index (χ3v) is 4.40. The van der Waals surface area contributed by atoms with Crippen LogP contribution in [0.25, 0.3) is 0 Å². The molecule has 1 unspecified atom stereocenters. The van der Waals surface area contributed by atoms with Gasteiger partial charge in [0.2, 0.25) is 0 Å². The molecule has 144 valence electrons. The first kappa shape index (κ1) is 19.4.